The topological polar surface area (TPSA) is 90.7 Å². The van der Waals surface area contributed by atoms with Crippen molar-refractivity contribution in [3.63, 3.8) is 0 Å². The fourth-order valence-electron chi connectivity index (χ4n) is 3.12. The van der Waals surface area contributed by atoms with Crippen LogP contribution in [-0.2, 0) is 9.57 Å². The van der Waals surface area contributed by atoms with Gasteiger partial charge in [0, 0.05) is 30.8 Å². The predicted octanol–water partition coefficient (Wildman–Crippen LogP) is 0.855. The molecule has 0 atom stereocenters. The van der Waals surface area contributed by atoms with Gasteiger partial charge in [0.15, 0.2) is 0 Å². The standard InChI is InChI=1S/C19H26N4O3/c1-6-14(22-26-5)11-15-13(2)21-18(24)16(12-20)17(15)23-9-7-19(3,25-4)8-10-23/h11H,2,6-10H2,1,3-5H3,(H,21,24)/b15-11+,22-14+. The summed E-state index contributed by atoms with van der Waals surface area (Å²) < 4.78 is 5.60. The summed E-state index contributed by atoms with van der Waals surface area (Å²) in [6.45, 7) is 9.37. The molecule has 2 heterocycles. The third-order valence-corrected chi connectivity index (χ3v) is 4.93. The van der Waals surface area contributed by atoms with Gasteiger partial charge in [-0.2, -0.15) is 5.26 Å². The van der Waals surface area contributed by atoms with Gasteiger partial charge >= 0.3 is 0 Å². The highest BCUT2D eigenvalue weighted by molar-refractivity contribution is 6.10. The number of methoxy groups -OCH3 is 1. The van der Waals surface area contributed by atoms with Crippen molar-refractivity contribution in [3.05, 3.63) is 26.5 Å². The maximum absolute atomic E-state index is 12.3. The van der Waals surface area contributed by atoms with Crippen LogP contribution in [0.3, 0.4) is 0 Å². The van der Waals surface area contributed by atoms with Crippen LogP contribution in [0.1, 0.15) is 38.7 Å². The molecule has 0 saturated carbocycles. The number of hydrogen-bond donors (Lipinski definition) is 1. The number of rotatable bonds is 5. The molecule has 1 aliphatic heterocycles. The van der Waals surface area contributed by atoms with Crippen LogP contribution in [-0.4, -0.2) is 43.6 Å². The molecule has 0 unspecified atom stereocenters. The molecule has 1 saturated heterocycles. The summed E-state index contributed by atoms with van der Waals surface area (Å²) >= 11 is 0. The highest BCUT2D eigenvalue weighted by Gasteiger charge is 2.31. The van der Waals surface area contributed by atoms with Crippen LogP contribution in [0.2, 0.25) is 0 Å². The molecule has 1 fully saturated rings. The lowest BCUT2D eigenvalue weighted by molar-refractivity contribution is -0.0132. The van der Waals surface area contributed by atoms with E-state index in [4.69, 9.17) is 9.57 Å². The molecule has 26 heavy (non-hydrogen) atoms. The fourth-order valence-corrected chi connectivity index (χ4v) is 3.12. The van der Waals surface area contributed by atoms with Crippen molar-refractivity contribution >= 4 is 24.1 Å². The summed E-state index contributed by atoms with van der Waals surface area (Å²) in [6, 6.07) is 2.05. The number of anilines is 1. The number of ether oxygens (including phenoxy) is 1. The lowest BCUT2D eigenvalue weighted by Crippen LogP contribution is -2.48. The maximum atomic E-state index is 12.3. The van der Waals surface area contributed by atoms with Crippen LogP contribution in [0, 0.1) is 11.3 Å². The Hall–Kier alpha value is -2.59. The molecule has 1 N–H and O–H groups in total. The molecule has 0 radical (unpaired) electrons. The van der Waals surface area contributed by atoms with Crippen molar-refractivity contribution in [2.75, 3.05) is 32.2 Å². The molecule has 140 valence electrons. The molecule has 1 aliphatic rings. The predicted molar refractivity (Wildman–Crippen MR) is 103 cm³/mol. The average molecular weight is 358 g/mol. The Morgan fingerprint density at radius 3 is 2.62 bits per heavy atom. The summed E-state index contributed by atoms with van der Waals surface area (Å²) in [5, 5.41) is 14.7. The highest BCUT2D eigenvalue weighted by Crippen LogP contribution is 2.27. The Bertz CT molecular complexity index is 887. The molecular formula is C19H26N4O3. The number of pyridine rings is 1. The summed E-state index contributed by atoms with van der Waals surface area (Å²) in [5.41, 5.74) is 0.794. The molecule has 7 heteroatoms. The molecule has 0 amide bonds. The number of oxime groups is 1. The maximum Gasteiger partial charge on any atom is 0.268 e. The minimum absolute atomic E-state index is 0.0949. The first kappa shape index (κ1) is 19.7. The van der Waals surface area contributed by atoms with Crippen molar-refractivity contribution in [1.82, 2.24) is 4.98 Å². The van der Waals surface area contributed by atoms with Crippen LogP contribution < -0.4 is 21.0 Å². The number of piperidine rings is 1. The summed E-state index contributed by atoms with van der Waals surface area (Å²) in [6.07, 6.45) is 4.08. The van der Waals surface area contributed by atoms with E-state index in [9.17, 15) is 10.1 Å². The quantitative estimate of drug-likeness (QED) is 0.623. The van der Waals surface area contributed by atoms with Crippen LogP contribution >= 0.6 is 0 Å². The van der Waals surface area contributed by atoms with Crippen LogP contribution in [0.5, 0.6) is 0 Å². The molecule has 0 bridgehead atoms. The Kier molecular flexibility index (Phi) is 6.22. The zero-order chi connectivity index (χ0) is 19.3. The van der Waals surface area contributed by atoms with Crippen LogP contribution in [0.25, 0.3) is 12.7 Å². The number of nitrogens with one attached hydrogen (secondary N) is 1. The monoisotopic (exact) mass is 358 g/mol. The second-order valence-electron chi connectivity index (χ2n) is 6.59. The summed E-state index contributed by atoms with van der Waals surface area (Å²) in [5.74, 6) is 0. The summed E-state index contributed by atoms with van der Waals surface area (Å²) in [7, 11) is 3.20. The number of aromatic amines is 1. The molecule has 0 spiro atoms. The molecule has 0 aromatic carbocycles. The number of aromatic nitrogens is 1. The van der Waals surface area contributed by atoms with Gasteiger partial charge in [-0.1, -0.05) is 18.7 Å². The van der Waals surface area contributed by atoms with E-state index in [0.29, 0.717) is 41.5 Å². The normalized spacial score (nSPS) is 17.9. The SMILES string of the molecule is C=c1[nH]c(=O)c(C#N)c(N2CCC(C)(OC)CC2)/c1=C/C(CC)=N/OC. The summed E-state index contributed by atoms with van der Waals surface area (Å²) in [4.78, 5) is 21.9. The van der Waals surface area contributed by atoms with Crippen LogP contribution in [0.4, 0.5) is 5.69 Å². The Labute approximate surface area is 153 Å². The largest absolute Gasteiger partial charge is 0.399 e. The van der Waals surface area contributed by atoms with E-state index >= 15 is 0 Å². The Morgan fingerprint density at radius 2 is 2.12 bits per heavy atom. The second-order valence-corrected chi connectivity index (χ2v) is 6.59. The third kappa shape index (κ3) is 3.97. The Balaban J connectivity index is 2.66. The molecular weight excluding hydrogens is 332 g/mol. The average Bonchev–Trinajstić information content (AvgIpc) is 2.63. The van der Waals surface area contributed by atoms with E-state index in [1.165, 1.54) is 7.11 Å². The van der Waals surface area contributed by atoms with Crippen molar-refractivity contribution in [2.24, 2.45) is 5.16 Å². The van der Waals surface area contributed by atoms with Crippen molar-refractivity contribution in [3.8, 4) is 6.07 Å². The molecule has 2 rings (SSSR count). The van der Waals surface area contributed by atoms with Gasteiger partial charge in [0.1, 0.15) is 18.7 Å². The molecule has 0 aliphatic carbocycles. The zero-order valence-electron chi connectivity index (χ0n) is 15.9. The minimum atomic E-state index is -0.425. The lowest BCUT2D eigenvalue weighted by Gasteiger charge is -2.39. The van der Waals surface area contributed by atoms with Gasteiger partial charge in [0.2, 0.25) is 0 Å². The van der Waals surface area contributed by atoms with E-state index in [2.05, 4.69) is 34.6 Å². The van der Waals surface area contributed by atoms with Crippen LogP contribution in [0.15, 0.2) is 9.95 Å². The highest BCUT2D eigenvalue weighted by atomic mass is 16.6. The van der Waals surface area contributed by atoms with E-state index in [-0.39, 0.29) is 11.2 Å². The van der Waals surface area contributed by atoms with Gasteiger partial charge in [0.25, 0.3) is 5.56 Å². The van der Waals surface area contributed by atoms with Gasteiger partial charge in [-0.3, -0.25) is 4.79 Å². The first-order valence-corrected chi connectivity index (χ1v) is 8.66. The van der Waals surface area contributed by atoms with Gasteiger partial charge < -0.3 is 19.5 Å². The number of nitriles is 1. The second kappa shape index (κ2) is 8.19. The number of nitrogens with zero attached hydrogens (tertiary/aromatic N) is 3. The third-order valence-electron chi connectivity index (χ3n) is 4.93. The first-order valence-electron chi connectivity index (χ1n) is 8.66. The van der Waals surface area contributed by atoms with E-state index in [1.54, 1.807) is 7.11 Å². The lowest BCUT2D eigenvalue weighted by atomic mass is 9.92. The number of hydrogen-bond acceptors (Lipinski definition) is 6. The fraction of sp³-hybridized carbons (Fsp3) is 0.526. The van der Waals surface area contributed by atoms with Gasteiger partial charge in [-0.05, 0) is 32.3 Å². The van der Waals surface area contributed by atoms with E-state index in [0.717, 1.165) is 12.8 Å². The van der Waals surface area contributed by atoms with Gasteiger partial charge in [0.05, 0.1) is 17.0 Å². The van der Waals surface area contributed by atoms with Crippen molar-refractivity contribution in [1.29, 1.82) is 5.26 Å². The van der Waals surface area contributed by atoms with Gasteiger partial charge in [-0.25, -0.2) is 0 Å². The molecule has 7 nitrogen and oxygen atoms in total. The Morgan fingerprint density at radius 1 is 1.46 bits per heavy atom. The molecule has 1 aromatic heterocycles. The van der Waals surface area contributed by atoms with E-state index in [1.807, 2.05) is 13.0 Å². The minimum Gasteiger partial charge on any atom is -0.399 e. The smallest absolute Gasteiger partial charge is 0.268 e. The van der Waals surface area contributed by atoms with Gasteiger partial charge in [-0.15, -0.1) is 0 Å². The number of H-pyrrole nitrogens is 1. The first-order chi connectivity index (χ1) is 12.4. The van der Waals surface area contributed by atoms with Crippen molar-refractivity contribution < 1.29 is 9.57 Å². The van der Waals surface area contributed by atoms with E-state index < -0.39 is 5.56 Å². The molecule has 1 aromatic rings. The van der Waals surface area contributed by atoms with Crippen molar-refractivity contribution in [2.45, 2.75) is 38.7 Å². The zero-order valence-corrected chi connectivity index (χ0v) is 15.9.